The molecule has 0 radical (unpaired) electrons. The van der Waals surface area contributed by atoms with Crippen molar-refractivity contribution in [3.8, 4) is 17.2 Å². The number of methoxy groups -OCH3 is 2. The van der Waals surface area contributed by atoms with Crippen molar-refractivity contribution in [2.75, 3.05) is 39.7 Å². The Balaban J connectivity index is 1.48. The fraction of sp³-hybridized carbons (Fsp3) is 0.297. The van der Waals surface area contributed by atoms with Crippen LogP contribution in [0.3, 0.4) is 0 Å². The highest BCUT2D eigenvalue weighted by atomic mass is 32.2. The lowest BCUT2D eigenvalue weighted by atomic mass is 9.85. The topological polar surface area (TPSA) is 133 Å². The summed E-state index contributed by atoms with van der Waals surface area (Å²) in [5, 5.41) is 12.1. The van der Waals surface area contributed by atoms with E-state index in [-0.39, 0.29) is 36.1 Å². The molecule has 48 heavy (non-hydrogen) atoms. The Labute approximate surface area is 281 Å². The van der Waals surface area contributed by atoms with Crippen molar-refractivity contribution < 1.29 is 37.3 Å². The number of aliphatic imine (C=N–C) groups is 1. The van der Waals surface area contributed by atoms with Crippen molar-refractivity contribution in [1.82, 2.24) is 5.32 Å². The van der Waals surface area contributed by atoms with Crippen molar-refractivity contribution in [3.05, 3.63) is 120 Å². The highest BCUT2D eigenvalue weighted by Gasteiger charge is 2.53. The molecule has 4 aromatic rings. The van der Waals surface area contributed by atoms with Crippen LogP contribution in [0.5, 0.6) is 17.2 Å². The van der Waals surface area contributed by atoms with Crippen LogP contribution in [0.2, 0.25) is 0 Å². The number of aliphatic hydroxyl groups excluding tert-OH is 1. The number of rotatable bonds is 16. The zero-order valence-corrected chi connectivity index (χ0v) is 27.8. The molecule has 0 unspecified atom stereocenters. The quantitative estimate of drug-likeness (QED) is 0.160. The predicted octanol–water partition coefficient (Wildman–Crippen LogP) is 4.94. The summed E-state index contributed by atoms with van der Waals surface area (Å²) in [4.78, 5) is 19.5. The summed E-state index contributed by atoms with van der Waals surface area (Å²) in [6.07, 6.45) is -0.0412. The largest absolute Gasteiger partial charge is 0.494 e. The molecule has 1 amide bonds. The number of hydrogen-bond acceptors (Lipinski definition) is 9. The normalized spacial score (nSPS) is 17.2. The van der Waals surface area contributed by atoms with Gasteiger partial charge in [0, 0.05) is 31.6 Å². The van der Waals surface area contributed by atoms with Gasteiger partial charge in [0.15, 0.2) is 33.0 Å². The van der Waals surface area contributed by atoms with Gasteiger partial charge < -0.3 is 29.4 Å². The van der Waals surface area contributed by atoms with Gasteiger partial charge in [0.05, 0.1) is 31.5 Å². The fourth-order valence-corrected chi connectivity index (χ4v) is 6.93. The van der Waals surface area contributed by atoms with Gasteiger partial charge in [-0.1, -0.05) is 54.6 Å². The van der Waals surface area contributed by atoms with Crippen LogP contribution in [0.1, 0.15) is 35.6 Å². The molecule has 1 aliphatic rings. The van der Waals surface area contributed by atoms with E-state index in [2.05, 4.69) is 5.32 Å². The standard InChI is InChI=1S/C37H40N2O8S/c1-44-32-19-14-27(26-33(32)45-2)20-22-38-36(41)37(21-25-48(42,43)31-12-7-4-8-13-31)34(28-10-5-3-6-11-28)47-35(39-37)29-15-17-30(18-16-29)46-24-9-23-40/h3-8,10-19,26,34,40H,9,20-25H2,1-2H3,(H,38,41)/t34-,37-/m1/s1. The molecule has 0 spiro atoms. The number of ether oxygens (including phenoxy) is 4. The third-order valence-electron chi connectivity index (χ3n) is 8.13. The fourth-order valence-electron chi connectivity index (χ4n) is 5.54. The van der Waals surface area contributed by atoms with E-state index >= 15 is 0 Å². The lowest BCUT2D eigenvalue weighted by Gasteiger charge is -2.30. The van der Waals surface area contributed by atoms with Gasteiger partial charge in [-0.2, -0.15) is 0 Å². The van der Waals surface area contributed by atoms with E-state index < -0.39 is 27.4 Å². The molecule has 0 saturated heterocycles. The molecular formula is C37H40N2O8S. The summed E-state index contributed by atoms with van der Waals surface area (Å²) in [7, 11) is -0.636. The molecule has 1 aliphatic heterocycles. The number of amides is 1. The summed E-state index contributed by atoms with van der Waals surface area (Å²) in [6.45, 7) is 0.654. The Hall–Kier alpha value is -4.87. The van der Waals surface area contributed by atoms with E-state index in [0.29, 0.717) is 47.8 Å². The van der Waals surface area contributed by atoms with E-state index in [1.807, 2.05) is 48.5 Å². The van der Waals surface area contributed by atoms with Crippen LogP contribution in [0.4, 0.5) is 0 Å². The summed E-state index contributed by atoms with van der Waals surface area (Å²) in [5.74, 6) is 1.23. The molecule has 0 bridgehead atoms. The minimum atomic E-state index is -3.77. The number of sulfone groups is 1. The average Bonchev–Trinajstić information content (AvgIpc) is 3.53. The monoisotopic (exact) mass is 672 g/mol. The van der Waals surface area contributed by atoms with Crippen molar-refractivity contribution in [2.24, 2.45) is 4.99 Å². The maximum absolute atomic E-state index is 14.4. The van der Waals surface area contributed by atoms with Crippen LogP contribution >= 0.6 is 0 Å². The van der Waals surface area contributed by atoms with Gasteiger partial charge in [-0.05, 0) is 66.1 Å². The number of nitrogens with one attached hydrogen (secondary N) is 1. The maximum atomic E-state index is 14.4. The molecule has 0 aliphatic carbocycles. The second-order valence-electron chi connectivity index (χ2n) is 11.3. The van der Waals surface area contributed by atoms with Crippen molar-refractivity contribution in [2.45, 2.75) is 35.8 Å². The van der Waals surface area contributed by atoms with Gasteiger partial charge in [0.1, 0.15) is 5.75 Å². The zero-order valence-electron chi connectivity index (χ0n) is 27.0. The van der Waals surface area contributed by atoms with Gasteiger partial charge in [0.25, 0.3) is 5.91 Å². The molecule has 4 aromatic carbocycles. The van der Waals surface area contributed by atoms with Crippen molar-refractivity contribution >= 4 is 21.6 Å². The highest BCUT2D eigenvalue weighted by molar-refractivity contribution is 7.91. The number of carbonyl (C=O) groups excluding carboxylic acids is 1. The molecule has 5 rings (SSSR count). The summed E-state index contributed by atoms with van der Waals surface area (Å²) in [6, 6.07) is 30.1. The van der Waals surface area contributed by atoms with Crippen LogP contribution in [0.25, 0.3) is 0 Å². The van der Waals surface area contributed by atoms with E-state index in [4.69, 9.17) is 29.0 Å². The van der Waals surface area contributed by atoms with Crippen LogP contribution in [-0.2, 0) is 25.8 Å². The van der Waals surface area contributed by atoms with E-state index in [1.54, 1.807) is 68.8 Å². The molecule has 10 nitrogen and oxygen atoms in total. The minimum absolute atomic E-state index is 0.0298. The molecule has 2 N–H and O–H groups in total. The molecule has 0 fully saturated rings. The molecule has 11 heteroatoms. The molecule has 0 aromatic heterocycles. The van der Waals surface area contributed by atoms with Crippen LogP contribution in [0.15, 0.2) is 113 Å². The molecular weight excluding hydrogens is 632 g/mol. The summed E-state index contributed by atoms with van der Waals surface area (Å²) in [5.41, 5.74) is 0.608. The van der Waals surface area contributed by atoms with E-state index in [1.165, 1.54) is 0 Å². The third-order valence-corrected chi connectivity index (χ3v) is 9.87. The molecule has 0 saturated carbocycles. The number of carbonyl (C=O) groups is 1. The smallest absolute Gasteiger partial charge is 0.252 e. The number of benzene rings is 4. The van der Waals surface area contributed by atoms with Gasteiger partial charge in [-0.25, -0.2) is 13.4 Å². The second kappa shape index (κ2) is 15.8. The number of nitrogens with zero attached hydrogens (tertiary/aromatic N) is 1. The SMILES string of the molecule is COc1ccc(CCNC(=O)[C@]2(CCS(=O)(=O)c3ccccc3)N=C(c3ccc(OCCCO)cc3)O[C@@H]2c2ccccc2)cc1OC. The van der Waals surface area contributed by atoms with Crippen molar-refractivity contribution in [1.29, 1.82) is 0 Å². The first-order chi connectivity index (χ1) is 23.3. The van der Waals surface area contributed by atoms with Gasteiger partial charge in [0.2, 0.25) is 5.90 Å². The maximum Gasteiger partial charge on any atom is 0.252 e. The Morgan fingerprint density at radius 1 is 0.917 bits per heavy atom. The summed E-state index contributed by atoms with van der Waals surface area (Å²) < 4.78 is 50.0. The summed E-state index contributed by atoms with van der Waals surface area (Å²) >= 11 is 0. The number of aliphatic hydroxyl groups is 1. The van der Waals surface area contributed by atoms with Gasteiger partial charge in [-0.15, -0.1) is 0 Å². The predicted molar refractivity (Wildman–Crippen MR) is 183 cm³/mol. The van der Waals surface area contributed by atoms with Crippen molar-refractivity contribution in [3.63, 3.8) is 0 Å². The first-order valence-corrected chi connectivity index (χ1v) is 17.4. The zero-order chi connectivity index (χ0) is 34.0. The van der Waals surface area contributed by atoms with Gasteiger partial charge in [-0.3, -0.25) is 4.79 Å². The Bertz CT molecular complexity index is 1800. The first kappa shape index (κ1) is 34.5. The second-order valence-corrected chi connectivity index (χ2v) is 13.4. The lowest BCUT2D eigenvalue weighted by molar-refractivity contribution is -0.129. The minimum Gasteiger partial charge on any atom is -0.494 e. The van der Waals surface area contributed by atoms with E-state index in [0.717, 1.165) is 5.56 Å². The Kier molecular flexibility index (Phi) is 11.4. The molecule has 1 heterocycles. The van der Waals surface area contributed by atoms with E-state index in [9.17, 15) is 13.2 Å². The van der Waals surface area contributed by atoms with Crippen LogP contribution in [-0.4, -0.2) is 70.6 Å². The first-order valence-electron chi connectivity index (χ1n) is 15.7. The molecule has 2 atom stereocenters. The van der Waals surface area contributed by atoms with Gasteiger partial charge >= 0.3 is 0 Å². The Morgan fingerprint density at radius 2 is 1.60 bits per heavy atom. The number of hydrogen-bond donors (Lipinski definition) is 2. The van der Waals surface area contributed by atoms with Crippen LogP contribution < -0.4 is 19.5 Å². The van der Waals surface area contributed by atoms with Crippen LogP contribution in [0, 0.1) is 0 Å². The third kappa shape index (κ3) is 7.98. The highest BCUT2D eigenvalue weighted by Crippen LogP contribution is 2.43. The lowest BCUT2D eigenvalue weighted by Crippen LogP contribution is -2.49. The average molecular weight is 673 g/mol. The Morgan fingerprint density at radius 3 is 2.27 bits per heavy atom. The molecule has 252 valence electrons.